The third kappa shape index (κ3) is 2.00. The topological polar surface area (TPSA) is 95.0 Å². The quantitative estimate of drug-likeness (QED) is 0.651. The summed E-state index contributed by atoms with van der Waals surface area (Å²) in [5.74, 6) is 0.589. The Bertz CT molecular complexity index is 406. The van der Waals surface area contributed by atoms with Crippen LogP contribution in [-0.4, -0.2) is 22.2 Å². The van der Waals surface area contributed by atoms with E-state index in [2.05, 4.69) is 10.3 Å². The number of aliphatic hydroxyl groups is 1. The second-order valence-electron chi connectivity index (χ2n) is 3.74. The van der Waals surface area contributed by atoms with E-state index in [1.807, 2.05) is 6.07 Å². The molecule has 2 rings (SSSR count). The van der Waals surface area contributed by atoms with E-state index in [9.17, 15) is 0 Å². The maximum absolute atomic E-state index is 9.11. The Morgan fingerprint density at radius 2 is 2.33 bits per heavy atom. The van der Waals surface area contributed by atoms with Crippen LogP contribution in [0.15, 0.2) is 12.3 Å². The summed E-state index contributed by atoms with van der Waals surface area (Å²) in [7, 11) is 0. The molecule has 0 aromatic carbocycles. The van der Waals surface area contributed by atoms with Crippen molar-refractivity contribution in [2.45, 2.75) is 25.0 Å². The highest BCUT2D eigenvalue weighted by Crippen LogP contribution is 2.25. The van der Waals surface area contributed by atoms with Crippen LogP contribution >= 0.6 is 0 Å². The predicted octanol–water partition coefficient (Wildman–Crippen LogP) is 0.471. The molecule has 1 aromatic rings. The molecule has 1 aliphatic rings. The minimum Gasteiger partial charge on any atom is -0.396 e. The maximum atomic E-state index is 9.11. The monoisotopic (exact) mass is 204 g/mol. The Balaban J connectivity index is 2.06. The summed E-state index contributed by atoms with van der Waals surface area (Å²) in [4.78, 5) is 4.06. The van der Waals surface area contributed by atoms with E-state index in [1.54, 1.807) is 6.07 Å². The van der Waals surface area contributed by atoms with Gasteiger partial charge in [0.05, 0.1) is 17.4 Å². The van der Waals surface area contributed by atoms with Gasteiger partial charge in [0.1, 0.15) is 11.9 Å². The zero-order chi connectivity index (χ0) is 10.8. The lowest BCUT2D eigenvalue weighted by atomic mass is 9.89. The van der Waals surface area contributed by atoms with Crippen LogP contribution in [0.4, 0.5) is 11.5 Å². The molecule has 1 heterocycles. The van der Waals surface area contributed by atoms with E-state index in [0.29, 0.717) is 17.1 Å². The van der Waals surface area contributed by atoms with Crippen LogP contribution in [0.2, 0.25) is 0 Å². The molecule has 0 unspecified atom stereocenters. The van der Waals surface area contributed by atoms with Gasteiger partial charge in [0.15, 0.2) is 0 Å². The van der Waals surface area contributed by atoms with Crippen molar-refractivity contribution in [3.63, 3.8) is 0 Å². The average molecular weight is 204 g/mol. The number of anilines is 2. The van der Waals surface area contributed by atoms with Crippen molar-refractivity contribution in [2.75, 3.05) is 11.1 Å². The highest BCUT2D eigenvalue weighted by molar-refractivity contribution is 5.63. The molecule has 0 radical (unpaired) electrons. The van der Waals surface area contributed by atoms with E-state index in [-0.39, 0.29) is 12.1 Å². The van der Waals surface area contributed by atoms with Gasteiger partial charge >= 0.3 is 0 Å². The Morgan fingerprint density at radius 1 is 1.60 bits per heavy atom. The molecule has 0 aliphatic heterocycles. The minimum atomic E-state index is -0.206. The van der Waals surface area contributed by atoms with Crippen LogP contribution in [0.1, 0.15) is 18.4 Å². The smallest absolute Gasteiger partial charge is 0.149 e. The van der Waals surface area contributed by atoms with Crippen molar-refractivity contribution in [3.8, 4) is 6.07 Å². The van der Waals surface area contributed by atoms with Gasteiger partial charge in [-0.3, -0.25) is 0 Å². The number of aliphatic hydroxyl groups excluding tert-OH is 1. The number of rotatable bonds is 2. The molecule has 4 N–H and O–H groups in total. The number of nitrogens with one attached hydrogen (secondary N) is 1. The first kappa shape index (κ1) is 9.74. The molecular formula is C10H12N4O. The molecule has 0 spiro atoms. The SMILES string of the molecule is N#Cc1cnc(NC2CC(O)C2)c(N)c1. The lowest BCUT2D eigenvalue weighted by Crippen LogP contribution is -2.39. The van der Waals surface area contributed by atoms with Crippen LogP contribution in [0, 0.1) is 11.3 Å². The number of nitrogen functional groups attached to an aromatic ring is 1. The molecule has 1 aliphatic carbocycles. The first-order chi connectivity index (χ1) is 7.19. The van der Waals surface area contributed by atoms with Crippen molar-refractivity contribution in [2.24, 2.45) is 0 Å². The number of nitriles is 1. The van der Waals surface area contributed by atoms with E-state index in [0.717, 1.165) is 12.8 Å². The van der Waals surface area contributed by atoms with Gasteiger partial charge in [-0.1, -0.05) is 0 Å². The highest BCUT2D eigenvalue weighted by atomic mass is 16.3. The molecule has 5 heteroatoms. The van der Waals surface area contributed by atoms with Gasteiger partial charge in [-0.05, 0) is 18.9 Å². The van der Waals surface area contributed by atoms with Crippen molar-refractivity contribution in [1.82, 2.24) is 4.98 Å². The van der Waals surface area contributed by atoms with Crippen LogP contribution in [0.5, 0.6) is 0 Å². The number of nitrogens with two attached hydrogens (primary N) is 1. The molecule has 1 saturated carbocycles. The van der Waals surface area contributed by atoms with Crippen molar-refractivity contribution >= 4 is 11.5 Å². The maximum Gasteiger partial charge on any atom is 0.149 e. The summed E-state index contributed by atoms with van der Waals surface area (Å²) in [5, 5.41) is 20.9. The molecule has 15 heavy (non-hydrogen) atoms. The number of hydrogen-bond acceptors (Lipinski definition) is 5. The highest BCUT2D eigenvalue weighted by Gasteiger charge is 2.27. The lowest BCUT2D eigenvalue weighted by molar-refractivity contribution is 0.0835. The Kier molecular flexibility index (Phi) is 2.44. The van der Waals surface area contributed by atoms with Gasteiger partial charge in [-0.2, -0.15) is 5.26 Å². The second-order valence-corrected chi connectivity index (χ2v) is 3.74. The van der Waals surface area contributed by atoms with Gasteiger partial charge < -0.3 is 16.2 Å². The van der Waals surface area contributed by atoms with E-state index in [1.165, 1.54) is 6.20 Å². The zero-order valence-electron chi connectivity index (χ0n) is 8.14. The van der Waals surface area contributed by atoms with Crippen LogP contribution < -0.4 is 11.1 Å². The lowest BCUT2D eigenvalue weighted by Gasteiger charge is -2.32. The van der Waals surface area contributed by atoms with Crippen molar-refractivity contribution in [1.29, 1.82) is 5.26 Å². The first-order valence-electron chi connectivity index (χ1n) is 4.79. The largest absolute Gasteiger partial charge is 0.396 e. The zero-order valence-corrected chi connectivity index (χ0v) is 8.14. The standard InChI is InChI=1S/C10H12N4O/c11-4-6-1-9(12)10(13-5-6)14-7-2-8(15)3-7/h1,5,7-8,15H,2-3,12H2,(H,13,14). The average Bonchev–Trinajstić information content (AvgIpc) is 2.18. The first-order valence-corrected chi connectivity index (χ1v) is 4.79. The van der Waals surface area contributed by atoms with Gasteiger partial charge in [-0.25, -0.2) is 4.98 Å². The van der Waals surface area contributed by atoms with E-state index in [4.69, 9.17) is 16.1 Å². The molecule has 0 bridgehead atoms. The normalized spacial score (nSPS) is 24.0. The van der Waals surface area contributed by atoms with Gasteiger partial charge in [0.25, 0.3) is 0 Å². The summed E-state index contributed by atoms with van der Waals surface area (Å²) >= 11 is 0. The summed E-state index contributed by atoms with van der Waals surface area (Å²) in [6.07, 6.45) is 2.72. The molecule has 1 aromatic heterocycles. The predicted molar refractivity (Wildman–Crippen MR) is 56.0 cm³/mol. The van der Waals surface area contributed by atoms with Gasteiger partial charge in [0, 0.05) is 12.2 Å². The van der Waals surface area contributed by atoms with E-state index >= 15 is 0 Å². The second kappa shape index (κ2) is 3.75. The number of hydrogen-bond donors (Lipinski definition) is 3. The Hall–Kier alpha value is -1.80. The fourth-order valence-corrected chi connectivity index (χ4v) is 1.56. The van der Waals surface area contributed by atoms with Gasteiger partial charge in [0.2, 0.25) is 0 Å². The minimum absolute atomic E-state index is 0.206. The summed E-state index contributed by atoms with van der Waals surface area (Å²) in [6.45, 7) is 0. The van der Waals surface area contributed by atoms with Gasteiger partial charge in [-0.15, -0.1) is 0 Å². The third-order valence-electron chi connectivity index (χ3n) is 2.50. The number of nitrogens with zero attached hydrogens (tertiary/aromatic N) is 2. The fraction of sp³-hybridized carbons (Fsp3) is 0.400. The Labute approximate surface area is 87.5 Å². The summed E-state index contributed by atoms with van der Waals surface area (Å²) in [5.41, 5.74) is 6.64. The van der Waals surface area contributed by atoms with Crippen LogP contribution in [0.25, 0.3) is 0 Å². The number of pyridine rings is 1. The molecular weight excluding hydrogens is 192 g/mol. The summed E-state index contributed by atoms with van der Waals surface area (Å²) in [6, 6.07) is 3.80. The fourth-order valence-electron chi connectivity index (χ4n) is 1.56. The summed E-state index contributed by atoms with van der Waals surface area (Å²) < 4.78 is 0. The molecule has 5 nitrogen and oxygen atoms in total. The van der Waals surface area contributed by atoms with Crippen LogP contribution in [0.3, 0.4) is 0 Å². The van der Waals surface area contributed by atoms with Crippen LogP contribution in [-0.2, 0) is 0 Å². The molecule has 78 valence electrons. The van der Waals surface area contributed by atoms with Crippen molar-refractivity contribution in [3.05, 3.63) is 17.8 Å². The Morgan fingerprint density at radius 3 is 2.87 bits per heavy atom. The van der Waals surface area contributed by atoms with Crippen molar-refractivity contribution < 1.29 is 5.11 Å². The van der Waals surface area contributed by atoms with E-state index < -0.39 is 0 Å². The molecule has 0 atom stereocenters. The molecule has 0 saturated heterocycles. The molecule has 0 amide bonds. The third-order valence-corrected chi connectivity index (χ3v) is 2.50. The molecule has 1 fully saturated rings. The number of aromatic nitrogens is 1.